The number of ether oxygens (including phenoxy) is 1. The number of anilines is 1. The number of nitrogens with one attached hydrogen (secondary N) is 2. The lowest BCUT2D eigenvalue weighted by Crippen LogP contribution is -2.13. The zero-order valence-corrected chi connectivity index (χ0v) is 16.7. The van der Waals surface area contributed by atoms with E-state index in [-0.39, 0.29) is 24.9 Å². The van der Waals surface area contributed by atoms with Crippen molar-refractivity contribution in [2.75, 3.05) is 24.3 Å². The Bertz CT molecular complexity index is 1150. The highest BCUT2D eigenvalue weighted by Crippen LogP contribution is 2.27. The predicted molar refractivity (Wildman–Crippen MR) is 112 cm³/mol. The number of esters is 1. The Morgan fingerprint density at radius 1 is 1.17 bits per heavy atom. The lowest BCUT2D eigenvalue weighted by molar-refractivity contribution is -0.113. The van der Waals surface area contributed by atoms with Crippen molar-refractivity contribution in [2.24, 2.45) is 0 Å². The van der Waals surface area contributed by atoms with Crippen molar-refractivity contribution in [3.63, 3.8) is 0 Å². The standard InChI is InChI=1S/C19H16N4O4S2/c24-7-8-27-17(26)11-5-6-14-15(9-11)29-19(22-14)23-16(25)10-28-18-20-12-3-1-2-4-13(12)21-18/h1-6,9,24H,7-8,10H2,(H,20,21)(H,22,23,25). The zero-order chi connectivity index (χ0) is 20.2. The number of aromatic amines is 1. The first-order valence-electron chi connectivity index (χ1n) is 8.68. The van der Waals surface area contributed by atoms with Gasteiger partial charge in [-0.15, -0.1) is 0 Å². The summed E-state index contributed by atoms with van der Waals surface area (Å²) in [5.41, 5.74) is 2.83. The number of H-pyrrole nitrogens is 1. The SMILES string of the molecule is O=C(CSc1nc2ccccc2[nH]1)Nc1nc2ccc(C(=O)OCCO)cc2s1. The van der Waals surface area contributed by atoms with E-state index < -0.39 is 5.97 Å². The second-order valence-electron chi connectivity index (χ2n) is 5.96. The van der Waals surface area contributed by atoms with Gasteiger partial charge in [0.05, 0.1) is 39.2 Å². The van der Waals surface area contributed by atoms with Crippen LogP contribution in [0.4, 0.5) is 5.13 Å². The molecule has 8 nitrogen and oxygen atoms in total. The molecule has 0 fully saturated rings. The summed E-state index contributed by atoms with van der Waals surface area (Å²) < 4.78 is 5.66. The topological polar surface area (TPSA) is 117 Å². The second kappa shape index (κ2) is 8.60. The number of aromatic nitrogens is 3. The van der Waals surface area contributed by atoms with Gasteiger partial charge in [-0.2, -0.15) is 0 Å². The zero-order valence-electron chi connectivity index (χ0n) is 15.0. The molecule has 3 N–H and O–H groups in total. The molecule has 0 aliphatic heterocycles. The van der Waals surface area contributed by atoms with E-state index in [4.69, 9.17) is 9.84 Å². The van der Waals surface area contributed by atoms with Crippen LogP contribution in [0.2, 0.25) is 0 Å². The maximum Gasteiger partial charge on any atom is 0.338 e. The minimum atomic E-state index is -0.512. The van der Waals surface area contributed by atoms with Crippen molar-refractivity contribution in [2.45, 2.75) is 5.16 Å². The number of rotatable bonds is 7. The van der Waals surface area contributed by atoms with E-state index in [2.05, 4.69) is 20.3 Å². The molecular formula is C19H16N4O4S2. The van der Waals surface area contributed by atoms with Crippen LogP contribution in [0.1, 0.15) is 10.4 Å². The van der Waals surface area contributed by atoms with Crippen molar-refractivity contribution in [1.29, 1.82) is 0 Å². The number of imidazole rings is 1. The van der Waals surface area contributed by atoms with Crippen LogP contribution in [0.5, 0.6) is 0 Å². The van der Waals surface area contributed by atoms with Gasteiger partial charge in [0.15, 0.2) is 10.3 Å². The maximum atomic E-state index is 12.3. The minimum Gasteiger partial charge on any atom is -0.460 e. The third-order valence-corrected chi connectivity index (χ3v) is 5.71. The van der Waals surface area contributed by atoms with Gasteiger partial charge in [-0.1, -0.05) is 35.2 Å². The third kappa shape index (κ3) is 4.56. The van der Waals surface area contributed by atoms with Crippen LogP contribution in [-0.4, -0.2) is 50.9 Å². The first-order chi connectivity index (χ1) is 14.1. The fourth-order valence-electron chi connectivity index (χ4n) is 2.61. The summed E-state index contributed by atoms with van der Waals surface area (Å²) in [6.07, 6.45) is 0. The van der Waals surface area contributed by atoms with Gasteiger partial charge in [-0.05, 0) is 30.3 Å². The molecule has 0 atom stereocenters. The van der Waals surface area contributed by atoms with E-state index in [0.29, 0.717) is 21.4 Å². The van der Waals surface area contributed by atoms with Crippen LogP contribution < -0.4 is 5.32 Å². The van der Waals surface area contributed by atoms with Crippen molar-refractivity contribution >= 4 is 61.4 Å². The van der Waals surface area contributed by atoms with Crippen molar-refractivity contribution < 1.29 is 19.4 Å². The maximum absolute atomic E-state index is 12.3. The molecule has 0 aliphatic rings. The van der Waals surface area contributed by atoms with Gasteiger partial charge in [0.25, 0.3) is 0 Å². The summed E-state index contributed by atoms with van der Waals surface area (Å²) in [5.74, 6) is -0.520. The first-order valence-corrected chi connectivity index (χ1v) is 10.5. The van der Waals surface area contributed by atoms with Gasteiger partial charge in [-0.25, -0.2) is 14.8 Å². The lowest BCUT2D eigenvalue weighted by atomic mass is 10.2. The Kier molecular flexibility index (Phi) is 5.74. The number of hydrogen-bond acceptors (Lipinski definition) is 8. The highest BCUT2D eigenvalue weighted by atomic mass is 32.2. The summed E-state index contributed by atoms with van der Waals surface area (Å²) in [4.78, 5) is 36.1. The molecule has 148 valence electrons. The molecular weight excluding hydrogens is 412 g/mol. The molecule has 0 saturated carbocycles. The van der Waals surface area contributed by atoms with Crippen LogP contribution in [0.25, 0.3) is 21.3 Å². The number of thioether (sulfide) groups is 1. The van der Waals surface area contributed by atoms with Gasteiger partial charge in [0.2, 0.25) is 5.91 Å². The number of benzene rings is 2. The van der Waals surface area contributed by atoms with Crippen LogP contribution in [0, 0.1) is 0 Å². The van der Waals surface area contributed by atoms with Gasteiger partial charge in [-0.3, -0.25) is 4.79 Å². The molecule has 2 aromatic heterocycles. The molecule has 10 heteroatoms. The molecule has 0 radical (unpaired) electrons. The second-order valence-corrected chi connectivity index (χ2v) is 7.95. The van der Waals surface area contributed by atoms with Gasteiger partial charge < -0.3 is 20.1 Å². The number of carbonyl (C=O) groups is 2. The van der Waals surface area contributed by atoms with Crippen LogP contribution in [-0.2, 0) is 9.53 Å². The van der Waals surface area contributed by atoms with E-state index in [1.807, 2.05) is 24.3 Å². The van der Waals surface area contributed by atoms with E-state index >= 15 is 0 Å². The van der Waals surface area contributed by atoms with Crippen molar-refractivity contribution in [1.82, 2.24) is 15.0 Å². The number of aliphatic hydroxyl groups excluding tert-OH is 1. The summed E-state index contributed by atoms with van der Waals surface area (Å²) in [7, 11) is 0. The van der Waals surface area contributed by atoms with E-state index in [1.54, 1.807) is 18.2 Å². The average Bonchev–Trinajstić information content (AvgIpc) is 3.32. The van der Waals surface area contributed by atoms with Crippen LogP contribution in [0.3, 0.4) is 0 Å². The fraction of sp³-hybridized carbons (Fsp3) is 0.158. The Labute approximate surface area is 173 Å². The van der Waals surface area contributed by atoms with Crippen molar-refractivity contribution in [3.8, 4) is 0 Å². The fourth-order valence-corrected chi connectivity index (χ4v) is 4.22. The first kappa shape index (κ1) is 19.4. The molecule has 2 aromatic carbocycles. The highest BCUT2D eigenvalue weighted by molar-refractivity contribution is 7.99. The summed E-state index contributed by atoms with van der Waals surface area (Å²) in [5, 5.41) is 12.6. The quantitative estimate of drug-likeness (QED) is 0.306. The van der Waals surface area contributed by atoms with Gasteiger partial charge in [0, 0.05) is 0 Å². The Balaban J connectivity index is 1.39. The number of thiazole rings is 1. The molecule has 4 rings (SSSR count). The molecule has 29 heavy (non-hydrogen) atoms. The smallest absolute Gasteiger partial charge is 0.338 e. The molecule has 0 bridgehead atoms. The minimum absolute atomic E-state index is 0.0518. The number of fused-ring (bicyclic) bond motifs is 2. The third-order valence-electron chi connectivity index (χ3n) is 3.90. The van der Waals surface area contributed by atoms with E-state index in [0.717, 1.165) is 15.7 Å². The number of carbonyl (C=O) groups excluding carboxylic acids is 2. The largest absolute Gasteiger partial charge is 0.460 e. The average molecular weight is 428 g/mol. The number of hydrogen-bond donors (Lipinski definition) is 3. The predicted octanol–water partition coefficient (Wildman–Crippen LogP) is 3.05. The normalized spacial score (nSPS) is 11.1. The number of aliphatic hydroxyl groups is 1. The monoisotopic (exact) mass is 428 g/mol. The molecule has 0 unspecified atom stereocenters. The molecule has 2 heterocycles. The van der Waals surface area contributed by atoms with Crippen LogP contribution in [0.15, 0.2) is 47.6 Å². The molecule has 1 amide bonds. The molecule has 4 aromatic rings. The van der Waals surface area contributed by atoms with Crippen LogP contribution >= 0.6 is 23.1 Å². The highest BCUT2D eigenvalue weighted by Gasteiger charge is 2.13. The summed E-state index contributed by atoms with van der Waals surface area (Å²) in [6, 6.07) is 12.6. The lowest BCUT2D eigenvalue weighted by Gasteiger charge is -2.01. The number of amides is 1. The number of nitrogens with zero attached hydrogens (tertiary/aromatic N) is 2. The van der Waals surface area contributed by atoms with Gasteiger partial charge >= 0.3 is 5.97 Å². The Hall–Kier alpha value is -2.95. The summed E-state index contributed by atoms with van der Waals surface area (Å²) in [6.45, 7) is -0.277. The van der Waals surface area contributed by atoms with E-state index in [1.165, 1.54) is 23.1 Å². The number of para-hydroxylation sites is 2. The Morgan fingerprint density at radius 2 is 2.03 bits per heavy atom. The molecule has 0 spiro atoms. The van der Waals surface area contributed by atoms with Crippen molar-refractivity contribution in [3.05, 3.63) is 48.0 Å². The molecule has 0 saturated heterocycles. The summed E-state index contributed by atoms with van der Waals surface area (Å²) >= 11 is 2.58. The van der Waals surface area contributed by atoms with Gasteiger partial charge in [0.1, 0.15) is 6.61 Å². The molecule has 0 aliphatic carbocycles. The van der Waals surface area contributed by atoms with E-state index in [9.17, 15) is 9.59 Å². The Morgan fingerprint density at radius 3 is 2.86 bits per heavy atom.